The third-order valence-electron chi connectivity index (χ3n) is 11.6. The minimum Gasteiger partial charge on any atom is -0.393 e. The molecule has 0 aromatic carbocycles. The topological polar surface area (TPSA) is 61.7 Å². The van der Waals surface area contributed by atoms with E-state index in [9.17, 15) is 10.2 Å². The van der Waals surface area contributed by atoms with Crippen LogP contribution in [0.5, 0.6) is 0 Å². The number of ether oxygens (including phenoxy) is 1. The maximum atomic E-state index is 11.8. The van der Waals surface area contributed by atoms with Crippen LogP contribution in [0.2, 0.25) is 0 Å². The zero-order valence-corrected chi connectivity index (χ0v) is 19.9. The highest BCUT2D eigenvalue weighted by molar-refractivity contribution is 5.27. The number of aliphatic hydroxyl groups excluding tert-OH is 2. The van der Waals surface area contributed by atoms with Crippen molar-refractivity contribution in [2.24, 2.45) is 46.3 Å². The lowest BCUT2D eigenvalue weighted by molar-refractivity contribution is -0.152. The maximum Gasteiger partial charge on any atom is 0.122 e. The minimum atomic E-state index is -0.349. The second-order valence-corrected chi connectivity index (χ2v) is 12.9. The molecule has 0 radical (unpaired) electrons. The summed E-state index contributed by atoms with van der Waals surface area (Å²) in [5.74, 6) is 3.13. The van der Waals surface area contributed by atoms with Crippen LogP contribution in [0.4, 0.5) is 0 Å². The number of piperidine rings is 1. The lowest BCUT2D eigenvalue weighted by Gasteiger charge is -2.58. The van der Waals surface area contributed by atoms with Gasteiger partial charge < -0.3 is 14.9 Å². The van der Waals surface area contributed by atoms with Crippen LogP contribution in [-0.4, -0.2) is 40.8 Å². The summed E-state index contributed by atoms with van der Waals surface area (Å²) in [6.45, 7) is 10.7. The average molecular weight is 430 g/mol. The molecule has 1 spiro atoms. The fraction of sp³-hybridized carbons (Fsp3) is 0.926. The van der Waals surface area contributed by atoms with Crippen LogP contribution in [0, 0.1) is 46.3 Å². The van der Waals surface area contributed by atoms with Crippen LogP contribution >= 0.6 is 0 Å². The van der Waals surface area contributed by atoms with Gasteiger partial charge in [0.25, 0.3) is 0 Å². The van der Waals surface area contributed by atoms with Gasteiger partial charge in [-0.2, -0.15) is 0 Å². The van der Waals surface area contributed by atoms with Gasteiger partial charge in [0.2, 0.25) is 0 Å². The maximum absolute atomic E-state index is 11.8. The first-order chi connectivity index (χ1) is 14.7. The molecule has 0 aromatic heterocycles. The van der Waals surface area contributed by atoms with E-state index >= 15 is 0 Å². The molecular formula is C27H43NO3. The molecule has 174 valence electrons. The highest BCUT2D eigenvalue weighted by Crippen LogP contribution is 2.70. The summed E-state index contributed by atoms with van der Waals surface area (Å²) in [5.41, 5.74) is 1.66. The van der Waals surface area contributed by atoms with Crippen molar-refractivity contribution in [1.82, 2.24) is 5.32 Å². The molecule has 12 atom stereocenters. The van der Waals surface area contributed by atoms with Crippen molar-refractivity contribution < 1.29 is 14.9 Å². The monoisotopic (exact) mass is 429 g/mol. The summed E-state index contributed by atoms with van der Waals surface area (Å²) < 4.78 is 6.86. The molecule has 3 saturated carbocycles. The Hall–Kier alpha value is -0.420. The molecule has 2 aliphatic heterocycles. The number of hydrogen-bond acceptors (Lipinski definition) is 4. The van der Waals surface area contributed by atoms with Crippen molar-refractivity contribution in [2.45, 2.75) is 103 Å². The summed E-state index contributed by atoms with van der Waals surface area (Å²) in [4.78, 5) is 0. The molecule has 9 unspecified atom stereocenters. The number of rotatable bonds is 0. The number of fused-ring (bicyclic) bond motifs is 7. The molecule has 5 fully saturated rings. The molecule has 31 heavy (non-hydrogen) atoms. The highest BCUT2D eigenvalue weighted by Gasteiger charge is 2.71. The van der Waals surface area contributed by atoms with Gasteiger partial charge in [-0.15, -0.1) is 0 Å². The third-order valence-corrected chi connectivity index (χ3v) is 11.6. The first-order valence-corrected chi connectivity index (χ1v) is 13.2. The van der Waals surface area contributed by atoms with Gasteiger partial charge in [-0.05, 0) is 85.9 Å². The second kappa shape index (κ2) is 6.81. The highest BCUT2D eigenvalue weighted by atomic mass is 16.5. The third kappa shape index (κ3) is 2.68. The molecule has 2 saturated heterocycles. The summed E-state index contributed by atoms with van der Waals surface area (Å²) in [7, 11) is 0. The second-order valence-electron chi connectivity index (χ2n) is 12.9. The number of hydrogen-bond donors (Lipinski definition) is 3. The largest absolute Gasteiger partial charge is 0.393 e. The molecule has 0 aromatic rings. The van der Waals surface area contributed by atoms with Crippen LogP contribution < -0.4 is 5.32 Å². The molecule has 4 heteroatoms. The van der Waals surface area contributed by atoms with E-state index in [1.165, 1.54) is 24.8 Å². The van der Waals surface area contributed by atoms with E-state index in [1.807, 2.05) is 0 Å². The van der Waals surface area contributed by atoms with Crippen LogP contribution in [0.25, 0.3) is 0 Å². The van der Waals surface area contributed by atoms with Crippen molar-refractivity contribution in [3.05, 3.63) is 11.6 Å². The fourth-order valence-corrected chi connectivity index (χ4v) is 9.87. The molecule has 0 amide bonds. The zero-order valence-electron chi connectivity index (χ0n) is 19.9. The first-order valence-electron chi connectivity index (χ1n) is 13.2. The van der Waals surface area contributed by atoms with Gasteiger partial charge in [0.05, 0.1) is 18.3 Å². The Morgan fingerprint density at radius 2 is 1.84 bits per heavy atom. The smallest absolute Gasteiger partial charge is 0.122 e. The Kier molecular flexibility index (Phi) is 4.64. The number of allylic oxidation sites excluding steroid dienone is 1. The van der Waals surface area contributed by atoms with Gasteiger partial charge in [-0.3, -0.25) is 5.32 Å². The predicted molar refractivity (Wildman–Crippen MR) is 121 cm³/mol. The minimum absolute atomic E-state index is 0.0176. The van der Waals surface area contributed by atoms with Crippen molar-refractivity contribution in [2.75, 3.05) is 6.54 Å². The number of aliphatic hydroxyl groups is 2. The lowest BCUT2D eigenvalue weighted by atomic mass is 9.46. The molecule has 6 rings (SSSR count). The van der Waals surface area contributed by atoms with Gasteiger partial charge in [0, 0.05) is 18.4 Å². The Labute approximate surface area is 188 Å². The van der Waals surface area contributed by atoms with E-state index in [-0.39, 0.29) is 34.9 Å². The summed E-state index contributed by atoms with van der Waals surface area (Å²) in [6, 6.07) is 0. The van der Waals surface area contributed by atoms with Gasteiger partial charge in [0.15, 0.2) is 0 Å². The fourth-order valence-electron chi connectivity index (χ4n) is 9.87. The normalized spacial score (nSPS) is 60.7. The lowest BCUT2D eigenvalue weighted by Crippen LogP contribution is -2.58. The van der Waals surface area contributed by atoms with Crippen molar-refractivity contribution >= 4 is 0 Å². The Balaban J connectivity index is 1.32. The van der Waals surface area contributed by atoms with Crippen molar-refractivity contribution in [1.29, 1.82) is 0 Å². The van der Waals surface area contributed by atoms with E-state index in [0.29, 0.717) is 35.5 Å². The molecule has 4 nitrogen and oxygen atoms in total. The Bertz CT molecular complexity index is 772. The van der Waals surface area contributed by atoms with E-state index in [2.05, 4.69) is 39.1 Å². The number of nitrogens with one attached hydrogen (secondary N) is 1. The van der Waals surface area contributed by atoms with E-state index in [4.69, 9.17) is 4.74 Å². The van der Waals surface area contributed by atoms with E-state index in [0.717, 1.165) is 38.6 Å². The van der Waals surface area contributed by atoms with Gasteiger partial charge in [0.1, 0.15) is 5.72 Å². The molecule has 4 aliphatic carbocycles. The molecule has 2 heterocycles. The van der Waals surface area contributed by atoms with Crippen molar-refractivity contribution in [3.8, 4) is 0 Å². The van der Waals surface area contributed by atoms with Crippen molar-refractivity contribution in [3.63, 3.8) is 0 Å². The van der Waals surface area contributed by atoms with Gasteiger partial charge in [-0.25, -0.2) is 0 Å². The Morgan fingerprint density at radius 3 is 2.58 bits per heavy atom. The van der Waals surface area contributed by atoms with Gasteiger partial charge in [-0.1, -0.05) is 39.3 Å². The SMILES string of the molecule is CC1CCC2(NC1)OC1C(O)C3C4CC=C5C[C@@H](O)CC[C@]5(C)C4CC[C@]3(C)C1C2C. The zero-order chi connectivity index (χ0) is 21.8. The van der Waals surface area contributed by atoms with Crippen LogP contribution in [0.3, 0.4) is 0 Å². The molecule has 0 bridgehead atoms. The summed E-state index contributed by atoms with van der Waals surface area (Å²) >= 11 is 0. The van der Waals surface area contributed by atoms with E-state index < -0.39 is 0 Å². The Morgan fingerprint density at radius 1 is 1.03 bits per heavy atom. The standard InChI is InChI=1S/C27H43NO3/c1-15-7-12-27(28-14-15)16(2)21-24(31-27)23(30)22-19-6-5-17-13-18(29)8-10-25(17,3)20(19)9-11-26(21,22)4/h5,15-16,18-24,28-30H,6-14H2,1-4H3/t15?,16?,18-,19?,20?,21?,22?,23?,24?,25-,26+,27?/m0/s1. The summed E-state index contributed by atoms with van der Waals surface area (Å²) in [5, 5.41) is 25.8. The molecule has 3 N–H and O–H groups in total. The first kappa shape index (κ1) is 21.1. The average Bonchev–Trinajstić information content (AvgIpc) is 3.14. The predicted octanol–water partition coefficient (Wildman–Crippen LogP) is 4.26. The van der Waals surface area contributed by atoms with Crippen LogP contribution in [0.1, 0.15) is 79.1 Å². The molecular weight excluding hydrogens is 386 g/mol. The molecule has 6 aliphatic rings. The quantitative estimate of drug-likeness (QED) is 0.504. The van der Waals surface area contributed by atoms with Gasteiger partial charge >= 0.3 is 0 Å². The summed E-state index contributed by atoms with van der Waals surface area (Å²) in [6.07, 6.45) is 10.7. The van der Waals surface area contributed by atoms with Crippen LogP contribution in [0.15, 0.2) is 11.6 Å². The van der Waals surface area contributed by atoms with Crippen LogP contribution in [-0.2, 0) is 4.74 Å². The van der Waals surface area contributed by atoms with E-state index in [1.54, 1.807) is 0 Å².